The normalized spacial score (nSPS) is 11.7. The summed E-state index contributed by atoms with van der Waals surface area (Å²) in [5, 5.41) is 11.9. The molecule has 0 aliphatic heterocycles. The molecule has 1 amide bonds. The summed E-state index contributed by atoms with van der Waals surface area (Å²) < 4.78 is 43.7. The summed E-state index contributed by atoms with van der Waals surface area (Å²) >= 11 is 7.20. The molecule has 2 N–H and O–H groups in total. The van der Waals surface area contributed by atoms with E-state index in [1.165, 1.54) is 31.4 Å². The average molecular weight is 508 g/mol. The van der Waals surface area contributed by atoms with Crippen LogP contribution >= 0.6 is 22.9 Å². The predicted octanol–water partition coefficient (Wildman–Crippen LogP) is 6.53. The van der Waals surface area contributed by atoms with E-state index in [1.807, 2.05) is 0 Å². The molecule has 0 radical (unpaired) electrons. The van der Waals surface area contributed by atoms with Gasteiger partial charge in [-0.15, -0.1) is 11.3 Å². The fourth-order valence-electron chi connectivity index (χ4n) is 2.83. The van der Waals surface area contributed by atoms with Gasteiger partial charge >= 0.3 is 12.1 Å². The van der Waals surface area contributed by atoms with Crippen molar-refractivity contribution in [2.75, 3.05) is 12.4 Å². The van der Waals surface area contributed by atoms with Crippen molar-refractivity contribution in [2.24, 2.45) is 4.99 Å². The Kier molecular flexibility index (Phi) is 7.85. The number of ether oxygens (including phenoxy) is 1. The quantitative estimate of drug-likeness (QED) is 0.281. The molecule has 176 valence electrons. The summed E-state index contributed by atoms with van der Waals surface area (Å²) in [7, 11) is 1.23. The highest BCUT2D eigenvalue weighted by molar-refractivity contribution is 7.12. The number of methoxy groups -OCH3 is 1. The van der Waals surface area contributed by atoms with Crippen molar-refractivity contribution in [2.45, 2.75) is 12.6 Å². The Hall–Kier alpha value is -3.50. The summed E-state index contributed by atoms with van der Waals surface area (Å²) in [5.41, 5.74) is -0.472. The van der Waals surface area contributed by atoms with Gasteiger partial charge in [0.05, 0.1) is 29.2 Å². The molecule has 2 aromatic carbocycles. The molecule has 0 unspecified atom stereocenters. The summed E-state index contributed by atoms with van der Waals surface area (Å²) in [4.78, 5) is 28.9. The maximum Gasteiger partial charge on any atom is 0.429 e. The zero-order chi connectivity index (χ0) is 24.9. The highest BCUT2D eigenvalue weighted by Gasteiger charge is 2.35. The number of aliphatic imine (C=N–C) groups is 1. The van der Waals surface area contributed by atoms with Gasteiger partial charge in [-0.1, -0.05) is 35.9 Å². The van der Waals surface area contributed by atoms with Gasteiger partial charge in [-0.2, -0.15) is 13.2 Å². The first-order chi connectivity index (χ1) is 16.1. The minimum Gasteiger partial charge on any atom is -0.465 e. The van der Waals surface area contributed by atoms with Crippen LogP contribution in [-0.4, -0.2) is 36.6 Å². The molecule has 34 heavy (non-hydrogen) atoms. The lowest BCUT2D eigenvalue weighted by Gasteiger charge is -2.12. The molecule has 0 aliphatic carbocycles. The molecule has 0 saturated carbocycles. The summed E-state index contributed by atoms with van der Waals surface area (Å²) in [5.74, 6) is -1.11. The standard InChI is InChI=1S/C23H17ClF3N3O3S/c1-33-22(32)20-17(10-11-34-20)30-21(31)14-8-6-13(7-9-14)18(12-19(28)23(25,26)27)29-16-5-3-2-4-15(16)24/h2-11,28H,12H2,1H3,(H,30,31). The van der Waals surface area contributed by atoms with Crippen LogP contribution in [0.15, 0.2) is 65.0 Å². The number of hydrogen-bond donors (Lipinski definition) is 2. The second-order valence-electron chi connectivity index (χ2n) is 6.85. The largest absolute Gasteiger partial charge is 0.465 e. The number of nitrogens with one attached hydrogen (secondary N) is 2. The van der Waals surface area contributed by atoms with E-state index in [0.717, 1.165) is 11.3 Å². The number of nitrogens with zero attached hydrogens (tertiary/aromatic N) is 1. The fourth-order valence-corrected chi connectivity index (χ4v) is 3.77. The summed E-state index contributed by atoms with van der Waals surface area (Å²) in [6, 6.07) is 13.6. The van der Waals surface area contributed by atoms with Crippen molar-refractivity contribution >= 4 is 57.6 Å². The summed E-state index contributed by atoms with van der Waals surface area (Å²) in [6.07, 6.45) is -5.59. The highest BCUT2D eigenvalue weighted by atomic mass is 35.5. The fraction of sp³-hybridized carbons (Fsp3) is 0.130. The van der Waals surface area contributed by atoms with E-state index < -0.39 is 30.2 Å². The van der Waals surface area contributed by atoms with Gasteiger partial charge in [0.15, 0.2) is 0 Å². The molecule has 0 aliphatic rings. The van der Waals surface area contributed by atoms with Crippen LogP contribution in [0.4, 0.5) is 24.5 Å². The number of amides is 1. The zero-order valence-corrected chi connectivity index (χ0v) is 19.1. The lowest BCUT2D eigenvalue weighted by atomic mass is 10.0. The first kappa shape index (κ1) is 25.1. The molecule has 1 aromatic heterocycles. The second kappa shape index (κ2) is 10.6. The smallest absolute Gasteiger partial charge is 0.429 e. The number of carbonyl (C=O) groups is 2. The topological polar surface area (TPSA) is 91.6 Å². The van der Waals surface area contributed by atoms with E-state index in [4.69, 9.17) is 17.0 Å². The molecule has 3 rings (SSSR count). The van der Waals surface area contributed by atoms with Crippen LogP contribution in [0.5, 0.6) is 0 Å². The number of benzene rings is 2. The molecule has 0 atom stereocenters. The van der Waals surface area contributed by atoms with E-state index in [0.29, 0.717) is 0 Å². The van der Waals surface area contributed by atoms with E-state index in [2.05, 4.69) is 15.0 Å². The van der Waals surface area contributed by atoms with Crippen LogP contribution in [0, 0.1) is 5.41 Å². The van der Waals surface area contributed by atoms with Gasteiger partial charge in [0.25, 0.3) is 5.91 Å². The summed E-state index contributed by atoms with van der Waals surface area (Å²) in [6.45, 7) is 0. The molecule has 0 spiro atoms. The van der Waals surface area contributed by atoms with E-state index in [1.54, 1.807) is 35.7 Å². The highest BCUT2D eigenvalue weighted by Crippen LogP contribution is 2.28. The lowest BCUT2D eigenvalue weighted by molar-refractivity contribution is -0.0605. The SMILES string of the molecule is COC(=O)c1sccc1NC(=O)c1ccc(C(CC(=N)C(F)(F)F)=Nc2ccccc2Cl)cc1. The van der Waals surface area contributed by atoms with E-state index in [-0.39, 0.29) is 38.1 Å². The van der Waals surface area contributed by atoms with Crippen molar-refractivity contribution in [3.8, 4) is 0 Å². The maximum absolute atomic E-state index is 13.0. The van der Waals surface area contributed by atoms with Gasteiger partial charge in [0, 0.05) is 12.0 Å². The maximum atomic E-state index is 13.0. The molecule has 0 fully saturated rings. The van der Waals surface area contributed by atoms with Crippen molar-refractivity contribution in [1.29, 1.82) is 5.41 Å². The van der Waals surface area contributed by atoms with Gasteiger partial charge in [-0.3, -0.25) is 9.79 Å². The minimum absolute atomic E-state index is 0.0341. The third kappa shape index (κ3) is 6.09. The third-order valence-corrected chi connectivity index (χ3v) is 5.77. The minimum atomic E-state index is -4.81. The van der Waals surface area contributed by atoms with Crippen molar-refractivity contribution < 1.29 is 27.5 Å². The van der Waals surface area contributed by atoms with Gasteiger partial charge in [0.2, 0.25) is 0 Å². The van der Waals surface area contributed by atoms with Gasteiger partial charge in [-0.25, -0.2) is 4.79 Å². The monoisotopic (exact) mass is 507 g/mol. The Morgan fingerprint density at radius 2 is 1.74 bits per heavy atom. The number of alkyl halides is 3. The number of para-hydroxylation sites is 1. The number of carbonyl (C=O) groups excluding carboxylic acids is 2. The Morgan fingerprint density at radius 3 is 2.35 bits per heavy atom. The molecule has 0 saturated heterocycles. The van der Waals surface area contributed by atoms with Gasteiger partial charge in [0.1, 0.15) is 10.6 Å². The van der Waals surface area contributed by atoms with Gasteiger partial charge in [-0.05, 0) is 41.3 Å². The molecule has 11 heteroatoms. The first-order valence-corrected chi connectivity index (χ1v) is 10.9. The average Bonchev–Trinajstić information content (AvgIpc) is 3.27. The van der Waals surface area contributed by atoms with E-state index >= 15 is 0 Å². The first-order valence-electron chi connectivity index (χ1n) is 9.64. The third-order valence-electron chi connectivity index (χ3n) is 4.56. The number of hydrogen-bond acceptors (Lipinski definition) is 6. The Morgan fingerprint density at radius 1 is 1.09 bits per heavy atom. The van der Waals surface area contributed by atoms with Crippen LogP contribution in [-0.2, 0) is 4.74 Å². The Balaban J connectivity index is 1.88. The number of anilines is 1. The van der Waals surface area contributed by atoms with Crippen LogP contribution < -0.4 is 5.32 Å². The second-order valence-corrected chi connectivity index (χ2v) is 8.17. The van der Waals surface area contributed by atoms with Crippen molar-refractivity contribution in [3.63, 3.8) is 0 Å². The Labute approximate surface area is 201 Å². The number of halogens is 4. The lowest BCUT2D eigenvalue weighted by Crippen LogP contribution is -2.25. The number of thiophene rings is 1. The van der Waals surface area contributed by atoms with Crippen LogP contribution in [0.25, 0.3) is 0 Å². The molecule has 3 aromatic rings. The molecular weight excluding hydrogens is 491 g/mol. The molecule has 0 bridgehead atoms. The number of rotatable bonds is 7. The van der Waals surface area contributed by atoms with Crippen LogP contribution in [0.2, 0.25) is 5.02 Å². The molecule has 1 heterocycles. The van der Waals surface area contributed by atoms with Crippen molar-refractivity contribution in [3.05, 3.63) is 81.0 Å². The van der Waals surface area contributed by atoms with Crippen molar-refractivity contribution in [1.82, 2.24) is 0 Å². The van der Waals surface area contributed by atoms with Crippen LogP contribution in [0.1, 0.15) is 32.0 Å². The number of esters is 1. The van der Waals surface area contributed by atoms with Gasteiger partial charge < -0.3 is 15.5 Å². The Bertz CT molecular complexity index is 1250. The molecular formula is C23H17ClF3N3O3S. The predicted molar refractivity (Wildman–Crippen MR) is 126 cm³/mol. The molecule has 6 nitrogen and oxygen atoms in total. The van der Waals surface area contributed by atoms with Crippen LogP contribution in [0.3, 0.4) is 0 Å². The zero-order valence-electron chi connectivity index (χ0n) is 17.6. The van der Waals surface area contributed by atoms with E-state index in [9.17, 15) is 22.8 Å².